The first-order valence-corrected chi connectivity index (χ1v) is 6.74. The highest BCUT2D eigenvalue weighted by Crippen LogP contribution is 2.06. The third-order valence-electron chi connectivity index (χ3n) is 3.55. The van der Waals surface area contributed by atoms with Crippen molar-refractivity contribution in [1.82, 2.24) is 25.3 Å². The minimum Gasteiger partial charge on any atom is -0.353 e. The predicted octanol–water partition coefficient (Wildman–Crippen LogP) is -2.10. The van der Waals surface area contributed by atoms with E-state index in [4.69, 9.17) is 0 Å². The molecule has 0 aromatic rings. The Hall–Kier alpha value is -1.83. The van der Waals surface area contributed by atoms with Crippen LogP contribution in [0.5, 0.6) is 0 Å². The smallest absolute Gasteiger partial charge is 0.319 e. The lowest BCUT2D eigenvalue weighted by molar-refractivity contribution is -0.136. The van der Waals surface area contributed by atoms with Gasteiger partial charge >= 0.3 is 6.03 Å². The predicted molar refractivity (Wildman–Crippen MR) is 72.0 cm³/mol. The van der Waals surface area contributed by atoms with Crippen molar-refractivity contribution in [1.29, 1.82) is 0 Å². The van der Waals surface area contributed by atoms with Gasteiger partial charge in [0.25, 0.3) is 0 Å². The van der Waals surface area contributed by atoms with Crippen LogP contribution >= 0.6 is 0 Å². The third kappa shape index (κ3) is 3.19. The molecule has 0 bridgehead atoms. The second-order valence-corrected chi connectivity index (χ2v) is 5.23. The van der Waals surface area contributed by atoms with Crippen LogP contribution in [0.4, 0.5) is 4.79 Å². The zero-order chi connectivity index (χ0) is 14.7. The van der Waals surface area contributed by atoms with Gasteiger partial charge in [-0.2, -0.15) is 0 Å². The van der Waals surface area contributed by atoms with Crippen molar-refractivity contribution < 1.29 is 14.4 Å². The molecule has 1 unspecified atom stereocenters. The molecule has 8 heteroatoms. The van der Waals surface area contributed by atoms with E-state index in [9.17, 15) is 14.4 Å². The van der Waals surface area contributed by atoms with Gasteiger partial charge < -0.3 is 20.0 Å². The Bertz CT molecular complexity index is 394. The number of hydrogen-bond donors (Lipinski definition) is 2. The van der Waals surface area contributed by atoms with Crippen LogP contribution in [0.25, 0.3) is 0 Å². The highest BCUT2D eigenvalue weighted by atomic mass is 16.2. The van der Waals surface area contributed by atoms with Crippen LogP contribution in [-0.4, -0.2) is 92.0 Å². The molecule has 4 amide bonds. The Kier molecular flexibility index (Phi) is 4.43. The minimum absolute atomic E-state index is 0.0121. The fraction of sp³-hybridized carbons (Fsp3) is 0.750. The highest BCUT2D eigenvalue weighted by molar-refractivity contribution is 5.87. The number of amides is 4. The molecule has 0 radical (unpaired) electrons. The maximum absolute atomic E-state index is 12.3. The summed E-state index contributed by atoms with van der Waals surface area (Å²) in [6.07, 6.45) is 0. The lowest BCUT2D eigenvalue weighted by atomic mass is 10.2. The Labute approximate surface area is 118 Å². The molecule has 0 saturated carbocycles. The third-order valence-corrected chi connectivity index (χ3v) is 3.55. The Morgan fingerprint density at radius 3 is 2.25 bits per heavy atom. The van der Waals surface area contributed by atoms with Crippen molar-refractivity contribution in [3.05, 3.63) is 0 Å². The largest absolute Gasteiger partial charge is 0.353 e. The van der Waals surface area contributed by atoms with E-state index in [0.29, 0.717) is 32.7 Å². The number of nitrogens with one attached hydrogen (secondary N) is 2. The SMILES string of the molecule is CN(C)C(=O)N1CCN(C(=O)C2CNC(=O)CN2)CC1. The highest BCUT2D eigenvalue weighted by Gasteiger charge is 2.31. The standard InChI is InChI=1S/C12H21N5O3/c1-15(2)12(20)17-5-3-16(4-6-17)11(19)9-7-14-10(18)8-13-9/h9,13H,3-8H2,1-2H3,(H,14,18). The summed E-state index contributed by atoms with van der Waals surface area (Å²) in [4.78, 5) is 40.1. The normalized spacial score (nSPS) is 23.3. The van der Waals surface area contributed by atoms with Crippen molar-refractivity contribution in [3.63, 3.8) is 0 Å². The second-order valence-electron chi connectivity index (χ2n) is 5.23. The van der Waals surface area contributed by atoms with E-state index >= 15 is 0 Å². The molecule has 0 aromatic heterocycles. The molecule has 112 valence electrons. The summed E-state index contributed by atoms with van der Waals surface area (Å²) in [5.74, 6) is -0.0996. The number of rotatable bonds is 1. The molecule has 2 rings (SSSR count). The second kappa shape index (κ2) is 6.08. The van der Waals surface area contributed by atoms with Crippen molar-refractivity contribution in [3.8, 4) is 0 Å². The maximum Gasteiger partial charge on any atom is 0.319 e. The van der Waals surface area contributed by atoms with Gasteiger partial charge in [-0.3, -0.25) is 14.9 Å². The number of piperazine rings is 2. The van der Waals surface area contributed by atoms with Crippen LogP contribution in [0, 0.1) is 0 Å². The minimum atomic E-state index is -0.358. The van der Waals surface area contributed by atoms with E-state index in [2.05, 4.69) is 10.6 Å². The molecule has 0 aromatic carbocycles. The number of urea groups is 1. The molecule has 0 spiro atoms. The van der Waals surface area contributed by atoms with E-state index in [0.717, 1.165) is 0 Å². The number of nitrogens with zero attached hydrogens (tertiary/aromatic N) is 3. The van der Waals surface area contributed by atoms with Crippen molar-refractivity contribution in [2.24, 2.45) is 0 Å². The van der Waals surface area contributed by atoms with E-state index in [-0.39, 0.29) is 30.4 Å². The summed E-state index contributed by atoms with van der Waals surface area (Å²) in [7, 11) is 3.43. The summed E-state index contributed by atoms with van der Waals surface area (Å²) >= 11 is 0. The van der Waals surface area contributed by atoms with E-state index < -0.39 is 0 Å². The van der Waals surface area contributed by atoms with Crippen LogP contribution in [-0.2, 0) is 9.59 Å². The lowest BCUT2D eigenvalue weighted by Gasteiger charge is -2.38. The molecule has 2 saturated heterocycles. The van der Waals surface area contributed by atoms with Gasteiger partial charge in [0.1, 0.15) is 6.04 Å². The average Bonchev–Trinajstić information content (AvgIpc) is 2.46. The zero-order valence-electron chi connectivity index (χ0n) is 11.9. The molecule has 20 heavy (non-hydrogen) atoms. The van der Waals surface area contributed by atoms with Gasteiger partial charge in [0.15, 0.2) is 0 Å². The van der Waals surface area contributed by atoms with Gasteiger partial charge in [0.2, 0.25) is 11.8 Å². The maximum atomic E-state index is 12.3. The lowest BCUT2D eigenvalue weighted by Crippen LogP contribution is -2.61. The molecule has 8 nitrogen and oxygen atoms in total. The fourth-order valence-electron chi connectivity index (χ4n) is 2.36. The Balaban J connectivity index is 1.83. The summed E-state index contributed by atoms with van der Waals surface area (Å²) in [5.41, 5.74) is 0. The fourth-order valence-corrected chi connectivity index (χ4v) is 2.36. The van der Waals surface area contributed by atoms with Gasteiger partial charge in [-0.15, -0.1) is 0 Å². The molecule has 2 heterocycles. The van der Waals surface area contributed by atoms with Crippen LogP contribution < -0.4 is 10.6 Å². The van der Waals surface area contributed by atoms with E-state index in [1.54, 1.807) is 23.9 Å². The van der Waals surface area contributed by atoms with Crippen LogP contribution in [0.2, 0.25) is 0 Å². The summed E-state index contributed by atoms with van der Waals surface area (Å²) in [5, 5.41) is 5.60. The van der Waals surface area contributed by atoms with Crippen LogP contribution in [0.15, 0.2) is 0 Å². The first-order chi connectivity index (χ1) is 9.49. The zero-order valence-corrected chi connectivity index (χ0v) is 11.9. The molecule has 1 atom stereocenters. The van der Waals surface area contributed by atoms with Gasteiger partial charge in [-0.25, -0.2) is 4.79 Å². The van der Waals surface area contributed by atoms with E-state index in [1.807, 2.05) is 0 Å². The molecule has 2 aliphatic heterocycles. The Morgan fingerprint density at radius 1 is 1.15 bits per heavy atom. The van der Waals surface area contributed by atoms with Gasteiger partial charge in [0, 0.05) is 46.8 Å². The number of carbonyl (C=O) groups excluding carboxylic acids is 3. The van der Waals surface area contributed by atoms with Gasteiger partial charge in [-0.05, 0) is 0 Å². The van der Waals surface area contributed by atoms with Crippen molar-refractivity contribution in [2.75, 3.05) is 53.4 Å². The van der Waals surface area contributed by atoms with E-state index in [1.165, 1.54) is 4.90 Å². The Morgan fingerprint density at radius 2 is 1.75 bits per heavy atom. The summed E-state index contributed by atoms with van der Waals surface area (Å²) in [6, 6.07) is -0.385. The molecule has 2 aliphatic rings. The molecular formula is C12H21N5O3. The number of hydrogen-bond acceptors (Lipinski definition) is 4. The van der Waals surface area contributed by atoms with Crippen LogP contribution in [0.1, 0.15) is 0 Å². The number of carbonyl (C=O) groups is 3. The van der Waals surface area contributed by atoms with Crippen LogP contribution in [0.3, 0.4) is 0 Å². The molecule has 0 aliphatic carbocycles. The topological polar surface area (TPSA) is 85.0 Å². The quantitative estimate of drug-likeness (QED) is 0.577. The molecular weight excluding hydrogens is 262 g/mol. The average molecular weight is 283 g/mol. The van der Waals surface area contributed by atoms with Gasteiger partial charge in [-0.1, -0.05) is 0 Å². The molecule has 2 fully saturated rings. The van der Waals surface area contributed by atoms with Crippen molar-refractivity contribution in [2.45, 2.75) is 6.04 Å². The monoisotopic (exact) mass is 283 g/mol. The first-order valence-electron chi connectivity index (χ1n) is 6.74. The van der Waals surface area contributed by atoms with Gasteiger partial charge in [0.05, 0.1) is 6.54 Å². The first kappa shape index (κ1) is 14.6. The summed E-state index contributed by atoms with van der Waals surface area (Å²) in [6.45, 7) is 2.66. The van der Waals surface area contributed by atoms with Crippen molar-refractivity contribution >= 4 is 17.8 Å². The molecule has 2 N–H and O–H groups in total. The summed E-state index contributed by atoms with van der Waals surface area (Å²) < 4.78 is 0.